The molecule has 3 aromatic carbocycles. The number of anilines is 1. The summed E-state index contributed by atoms with van der Waals surface area (Å²) in [5.74, 6) is 1.11. The van der Waals surface area contributed by atoms with Gasteiger partial charge in [0, 0.05) is 35.7 Å². The quantitative estimate of drug-likeness (QED) is 0.151. The average molecular weight is 543 g/mol. The van der Waals surface area contributed by atoms with Crippen LogP contribution in [-0.2, 0) is 20.7 Å². The number of methoxy groups -OCH3 is 1. The first-order valence-electron chi connectivity index (χ1n) is 14.0. The van der Waals surface area contributed by atoms with Gasteiger partial charge in [-0.05, 0) is 48.6 Å². The molecule has 0 aromatic heterocycles. The highest BCUT2D eigenvalue weighted by molar-refractivity contribution is 6.12. The Balaban J connectivity index is 1.29. The Kier molecular flexibility index (Phi) is 10.3. The van der Waals surface area contributed by atoms with Crippen molar-refractivity contribution in [1.82, 2.24) is 5.32 Å². The van der Waals surface area contributed by atoms with Crippen molar-refractivity contribution >= 4 is 23.3 Å². The zero-order valence-corrected chi connectivity index (χ0v) is 23.2. The molecule has 3 aromatic rings. The van der Waals surface area contributed by atoms with E-state index < -0.39 is 12.0 Å². The lowest BCUT2D eigenvalue weighted by Crippen LogP contribution is -2.33. The summed E-state index contributed by atoms with van der Waals surface area (Å²) < 4.78 is 10.9. The SMILES string of the molecule is COC(=O)C(Cc1ccc(OCCCNC(=O)C(C)CC2CC2)cc1)Nc1ccccc1C(=O)c1ccccc1. The second-order valence-electron chi connectivity index (χ2n) is 10.4. The van der Waals surface area contributed by atoms with Crippen molar-refractivity contribution in [2.45, 2.75) is 45.1 Å². The third-order valence-electron chi connectivity index (χ3n) is 7.11. The Labute approximate surface area is 236 Å². The Morgan fingerprint density at radius 3 is 2.33 bits per heavy atom. The van der Waals surface area contributed by atoms with Crippen molar-refractivity contribution in [1.29, 1.82) is 0 Å². The Morgan fingerprint density at radius 1 is 0.925 bits per heavy atom. The van der Waals surface area contributed by atoms with Crippen molar-refractivity contribution in [2.24, 2.45) is 11.8 Å². The number of benzene rings is 3. The smallest absolute Gasteiger partial charge is 0.328 e. The van der Waals surface area contributed by atoms with Crippen molar-refractivity contribution < 1.29 is 23.9 Å². The molecule has 0 spiro atoms. The van der Waals surface area contributed by atoms with E-state index in [1.165, 1.54) is 20.0 Å². The van der Waals surface area contributed by atoms with Crippen molar-refractivity contribution in [3.63, 3.8) is 0 Å². The Hall–Kier alpha value is -4.13. The molecule has 4 rings (SSSR count). The fraction of sp³-hybridized carbons (Fsp3) is 0.364. The third-order valence-corrected chi connectivity index (χ3v) is 7.11. The van der Waals surface area contributed by atoms with E-state index in [0.29, 0.717) is 36.4 Å². The first kappa shape index (κ1) is 28.9. The third kappa shape index (κ3) is 8.43. The number of hydrogen-bond donors (Lipinski definition) is 2. The second kappa shape index (κ2) is 14.3. The van der Waals surface area contributed by atoms with Gasteiger partial charge < -0.3 is 20.1 Å². The van der Waals surface area contributed by atoms with E-state index in [1.54, 1.807) is 30.3 Å². The Morgan fingerprint density at radius 2 is 1.62 bits per heavy atom. The van der Waals surface area contributed by atoms with Crippen molar-refractivity contribution in [3.05, 3.63) is 95.6 Å². The number of ether oxygens (including phenoxy) is 2. The lowest BCUT2D eigenvalue weighted by Gasteiger charge is -2.20. The maximum absolute atomic E-state index is 13.1. The van der Waals surface area contributed by atoms with Gasteiger partial charge in [-0.1, -0.05) is 74.4 Å². The molecule has 1 aliphatic carbocycles. The van der Waals surface area contributed by atoms with Crippen LogP contribution in [0.4, 0.5) is 5.69 Å². The van der Waals surface area contributed by atoms with Crippen molar-refractivity contribution in [3.8, 4) is 5.75 Å². The zero-order chi connectivity index (χ0) is 28.3. The minimum absolute atomic E-state index is 0.0714. The number of rotatable bonds is 15. The molecule has 0 bridgehead atoms. The fourth-order valence-electron chi connectivity index (χ4n) is 4.64. The van der Waals surface area contributed by atoms with Crippen molar-refractivity contribution in [2.75, 3.05) is 25.6 Å². The van der Waals surface area contributed by atoms with Crippen LogP contribution in [0, 0.1) is 11.8 Å². The summed E-state index contributed by atoms with van der Waals surface area (Å²) in [5.41, 5.74) is 2.55. The van der Waals surface area contributed by atoms with E-state index in [-0.39, 0.29) is 17.6 Å². The summed E-state index contributed by atoms with van der Waals surface area (Å²) in [6.45, 7) is 3.08. The number of nitrogens with one attached hydrogen (secondary N) is 2. The van der Waals surface area contributed by atoms with E-state index in [2.05, 4.69) is 10.6 Å². The van der Waals surface area contributed by atoms with Gasteiger partial charge in [-0.15, -0.1) is 0 Å². The van der Waals surface area contributed by atoms with Crippen LogP contribution < -0.4 is 15.4 Å². The molecule has 40 heavy (non-hydrogen) atoms. The van der Waals surface area contributed by atoms with E-state index in [1.807, 2.05) is 55.5 Å². The molecule has 0 aliphatic heterocycles. The summed E-state index contributed by atoms with van der Waals surface area (Å²) in [6.07, 6.45) is 4.59. The summed E-state index contributed by atoms with van der Waals surface area (Å²) in [4.78, 5) is 37.9. The maximum atomic E-state index is 13.1. The first-order chi connectivity index (χ1) is 19.4. The second-order valence-corrected chi connectivity index (χ2v) is 10.4. The highest BCUT2D eigenvalue weighted by Crippen LogP contribution is 2.35. The molecule has 7 nitrogen and oxygen atoms in total. The molecular weight excluding hydrogens is 504 g/mol. The van der Waals surface area contributed by atoms with Crippen LogP contribution in [0.25, 0.3) is 0 Å². The predicted molar refractivity (Wildman–Crippen MR) is 156 cm³/mol. The van der Waals surface area contributed by atoms with Gasteiger partial charge in [0.25, 0.3) is 0 Å². The number of carbonyl (C=O) groups is 3. The zero-order valence-electron chi connectivity index (χ0n) is 23.2. The lowest BCUT2D eigenvalue weighted by molar-refractivity contribution is -0.141. The number of carbonyl (C=O) groups excluding carboxylic acids is 3. The predicted octanol–water partition coefficient (Wildman–Crippen LogP) is 5.44. The molecule has 2 unspecified atom stereocenters. The standard InChI is InChI=1S/C33H38N2O5/c1-23(21-24-13-14-24)32(37)34-19-8-20-40-27-17-15-25(16-18-27)22-30(33(38)39-2)35-29-12-7-6-11-28(29)31(36)26-9-4-3-5-10-26/h3-7,9-12,15-18,23-24,30,35H,8,13-14,19-22H2,1-2H3,(H,34,37). The van der Waals surface area contributed by atoms with Crippen LogP contribution in [0.2, 0.25) is 0 Å². The summed E-state index contributed by atoms with van der Waals surface area (Å²) in [5, 5.41) is 6.23. The average Bonchev–Trinajstić information content (AvgIpc) is 3.81. The van der Waals surface area contributed by atoms with Crippen LogP contribution in [0.15, 0.2) is 78.9 Å². The van der Waals surface area contributed by atoms with Gasteiger partial charge in [0.2, 0.25) is 5.91 Å². The number of ketones is 1. The Bertz CT molecular complexity index is 1270. The number of esters is 1. The molecule has 1 fully saturated rings. The van der Waals surface area contributed by atoms with E-state index in [0.717, 1.165) is 30.1 Å². The molecule has 1 aliphatic rings. The van der Waals surface area contributed by atoms with E-state index in [4.69, 9.17) is 9.47 Å². The number of para-hydroxylation sites is 1. The minimum atomic E-state index is -0.688. The van der Waals surface area contributed by atoms with Crippen LogP contribution in [0.1, 0.15) is 54.1 Å². The number of hydrogen-bond acceptors (Lipinski definition) is 6. The van der Waals surface area contributed by atoms with Gasteiger partial charge >= 0.3 is 5.97 Å². The van der Waals surface area contributed by atoms with E-state index >= 15 is 0 Å². The highest BCUT2D eigenvalue weighted by atomic mass is 16.5. The van der Waals surface area contributed by atoms with E-state index in [9.17, 15) is 14.4 Å². The van der Waals surface area contributed by atoms with Crippen LogP contribution in [0.5, 0.6) is 5.75 Å². The molecule has 1 saturated carbocycles. The van der Waals surface area contributed by atoms with Gasteiger partial charge in [-0.3, -0.25) is 9.59 Å². The van der Waals surface area contributed by atoms with Gasteiger partial charge in [-0.25, -0.2) is 4.79 Å². The normalized spacial score (nSPS) is 14.1. The molecule has 2 atom stereocenters. The van der Waals surface area contributed by atoms with Gasteiger partial charge in [-0.2, -0.15) is 0 Å². The molecule has 0 radical (unpaired) electrons. The molecular formula is C33H38N2O5. The van der Waals surface area contributed by atoms with Crippen LogP contribution in [-0.4, -0.2) is 44.0 Å². The lowest BCUT2D eigenvalue weighted by atomic mass is 10.00. The molecule has 7 heteroatoms. The van der Waals surface area contributed by atoms with Crippen LogP contribution in [0.3, 0.4) is 0 Å². The summed E-state index contributed by atoms with van der Waals surface area (Å²) in [7, 11) is 1.35. The molecule has 0 heterocycles. The molecule has 2 N–H and O–H groups in total. The fourth-order valence-corrected chi connectivity index (χ4v) is 4.64. The van der Waals surface area contributed by atoms with Gasteiger partial charge in [0.05, 0.1) is 13.7 Å². The first-order valence-corrected chi connectivity index (χ1v) is 14.0. The summed E-state index contributed by atoms with van der Waals surface area (Å²) >= 11 is 0. The largest absolute Gasteiger partial charge is 0.494 e. The topological polar surface area (TPSA) is 93.7 Å². The molecule has 210 valence electrons. The van der Waals surface area contributed by atoms with Gasteiger partial charge in [0.15, 0.2) is 5.78 Å². The maximum Gasteiger partial charge on any atom is 0.328 e. The van der Waals surface area contributed by atoms with Crippen LogP contribution >= 0.6 is 0 Å². The highest BCUT2D eigenvalue weighted by Gasteiger charge is 2.26. The molecule has 0 saturated heterocycles. The summed E-state index contributed by atoms with van der Waals surface area (Å²) in [6, 6.07) is 23.1. The molecule has 1 amide bonds. The minimum Gasteiger partial charge on any atom is -0.494 e. The monoisotopic (exact) mass is 542 g/mol. The van der Waals surface area contributed by atoms with Gasteiger partial charge in [0.1, 0.15) is 11.8 Å². The number of amides is 1.